The summed E-state index contributed by atoms with van der Waals surface area (Å²) >= 11 is 3.64. The molecule has 2 rings (SSSR count). The SMILES string of the molecule is CC1SCCN(S(=O)(=O)c2ccc(I)c(C(=O)O)c2)C1C. The lowest BCUT2D eigenvalue weighted by Gasteiger charge is -2.36. The molecule has 0 spiro atoms. The van der Waals surface area contributed by atoms with Crippen molar-refractivity contribution in [2.45, 2.75) is 30.0 Å². The summed E-state index contributed by atoms with van der Waals surface area (Å²) in [5.41, 5.74) is 0.0174. The molecule has 5 nitrogen and oxygen atoms in total. The summed E-state index contributed by atoms with van der Waals surface area (Å²) in [6.07, 6.45) is 0. The van der Waals surface area contributed by atoms with Crippen molar-refractivity contribution in [3.05, 3.63) is 27.3 Å². The first-order valence-corrected chi connectivity index (χ1v) is 9.98. The van der Waals surface area contributed by atoms with E-state index in [1.54, 1.807) is 11.8 Å². The number of hydrogen-bond donors (Lipinski definition) is 1. The van der Waals surface area contributed by atoms with E-state index in [1.807, 2.05) is 36.4 Å². The van der Waals surface area contributed by atoms with E-state index in [4.69, 9.17) is 5.11 Å². The summed E-state index contributed by atoms with van der Waals surface area (Å²) in [5, 5.41) is 9.36. The van der Waals surface area contributed by atoms with Gasteiger partial charge in [0.25, 0.3) is 0 Å². The molecule has 0 saturated carbocycles. The molecule has 1 saturated heterocycles. The topological polar surface area (TPSA) is 74.7 Å². The maximum absolute atomic E-state index is 12.8. The Morgan fingerprint density at radius 2 is 2.10 bits per heavy atom. The van der Waals surface area contributed by atoms with Crippen molar-refractivity contribution in [1.29, 1.82) is 0 Å². The third-order valence-corrected chi connectivity index (χ3v) is 7.86. The van der Waals surface area contributed by atoms with Gasteiger partial charge in [0.05, 0.1) is 10.5 Å². The van der Waals surface area contributed by atoms with Gasteiger partial charge in [-0.2, -0.15) is 16.1 Å². The predicted octanol–water partition coefficient (Wildman–Crippen LogP) is 2.50. The molecule has 0 amide bonds. The molecule has 1 fully saturated rings. The van der Waals surface area contributed by atoms with Gasteiger partial charge < -0.3 is 5.11 Å². The molecular formula is C13H16INO4S2. The number of rotatable bonds is 3. The van der Waals surface area contributed by atoms with Gasteiger partial charge in [0.1, 0.15) is 0 Å². The second kappa shape index (κ2) is 6.43. The summed E-state index contributed by atoms with van der Waals surface area (Å²) in [6.45, 7) is 4.35. The summed E-state index contributed by atoms with van der Waals surface area (Å²) in [5.74, 6) is -0.368. The summed E-state index contributed by atoms with van der Waals surface area (Å²) in [7, 11) is -3.66. The quantitative estimate of drug-likeness (QED) is 0.730. The van der Waals surface area contributed by atoms with Crippen LogP contribution < -0.4 is 0 Å². The fourth-order valence-corrected chi connectivity index (χ4v) is 5.80. The zero-order chi connectivity index (χ0) is 15.8. The van der Waals surface area contributed by atoms with Crippen LogP contribution in [0.25, 0.3) is 0 Å². The Kier molecular flexibility index (Phi) is 5.22. The van der Waals surface area contributed by atoms with E-state index in [0.717, 1.165) is 5.75 Å². The number of hydrogen-bond acceptors (Lipinski definition) is 4. The van der Waals surface area contributed by atoms with Crippen LogP contribution in [-0.2, 0) is 10.0 Å². The van der Waals surface area contributed by atoms with E-state index in [2.05, 4.69) is 0 Å². The zero-order valence-corrected chi connectivity index (χ0v) is 15.4. The van der Waals surface area contributed by atoms with Crippen LogP contribution in [0.3, 0.4) is 0 Å². The van der Waals surface area contributed by atoms with Gasteiger partial charge in [0, 0.05) is 27.2 Å². The average molecular weight is 441 g/mol. The number of carboxylic acid groups (broad SMARTS) is 1. The van der Waals surface area contributed by atoms with Gasteiger partial charge in [-0.15, -0.1) is 0 Å². The van der Waals surface area contributed by atoms with Crippen LogP contribution >= 0.6 is 34.4 Å². The third kappa shape index (κ3) is 3.38. The fourth-order valence-electron chi connectivity index (χ4n) is 2.21. The van der Waals surface area contributed by atoms with Gasteiger partial charge >= 0.3 is 5.97 Å². The molecule has 0 bridgehead atoms. The zero-order valence-electron chi connectivity index (χ0n) is 11.6. The summed E-state index contributed by atoms with van der Waals surface area (Å²) < 4.78 is 27.5. The molecule has 2 atom stereocenters. The van der Waals surface area contributed by atoms with Gasteiger partial charge in [0.2, 0.25) is 10.0 Å². The first-order chi connectivity index (χ1) is 9.75. The minimum absolute atomic E-state index is 0.0174. The number of carboxylic acids is 1. The Hall–Kier alpha value is -0.320. The lowest BCUT2D eigenvalue weighted by Crippen LogP contribution is -2.47. The predicted molar refractivity (Wildman–Crippen MR) is 91.4 cm³/mol. The first-order valence-electron chi connectivity index (χ1n) is 6.41. The number of nitrogens with zero attached hydrogens (tertiary/aromatic N) is 1. The lowest BCUT2D eigenvalue weighted by atomic mass is 10.2. The highest BCUT2D eigenvalue weighted by Crippen LogP contribution is 2.30. The second-order valence-corrected chi connectivity index (χ2v) is 9.42. The monoisotopic (exact) mass is 441 g/mol. The molecule has 2 unspecified atom stereocenters. The molecule has 0 aliphatic carbocycles. The highest BCUT2D eigenvalue weighted by molar-refractivity contribution is 14.1. The molecule has 1 N–H and O–H groups in total. The van der Waals surface area contributed by atoms with E-state index in [1.165, 1.54) is 22.5 Å². The Labute approximate surface area is 142 Å². The van der Waals surface area contributed by atoms with Crippen molar-refractivity contribution in [2.75, 3.05) is 12.3 Å². The van der Waals surface area contributed by atoms with Crippen molar-refractivity contribution in [2.24, 2.45) is 0 Å². The highest BCUT2D eigenvalue weighted by atomic mass is 127. The molecule has 0 radical (unpaired) electrons. The van der Waals surface area contributed by atoms with Crippen molar-refractivity contribution < 1.29 is 18.3 Å². The van der Waals surface area contributed by atoms with E-state index >= 15 is 0 Å². The second-order valence-electron chi connectivity index (χ2n) is 4.88. The smallest absolute Gasteiger partial charge is 0.336 e. The van der Waals surface area contributed by atoms with Gasteiger partial charge in [-0.05, 0) is 47.7 Å². The normalized spacial score (nSPS) is 24.0. The molecule has 0 aromatic heterocycles. The molecule has 1 aromatic rings. The standard InChI is InChI=1S/C13H16INO4S2/c1-8-9(2)20-6-5-15(8)21(18,19)10-3-4-12(14)11(7-10)13(16)17/h3-4,7-9H,5-6H2,1-2H3,(H,16,17). The van der Waals surface area contributed by atoms with Crippen LogP contribution in [0.4, 0.5) is 0 Å². The Morgan fingerprint density at radius 1 is 1.43 bits per heavy atom. The van der Waals surface area contributed by atoms with Crippen LogP contribution in [0, 0.1) is 3.57 Å². The largest absolute Gasteiger partial charge is 0.478 e. The van der Waals surface area contributed by atoms with Gasteiger partial charge in [0.15, 0.2) is 0 Å². The minimum atomic E-state index is -3.66. The van der Waals surface area contributed by atoms with Crippen LogP contribution in [-0.4, -0.2) is 47.4 Å². The van der Waals surface area contributed by atoms with E-state index in [0.29, 0.717) is 10.1 Å². The first kappa shape index (κ1) is 17.0. The lowest BCUT2D eigenvalue weighted by molar-refractivity contribution is 0.0695. The molecule has 1 aliphatic rings. The molecule has 116 valence electrons. The number of benzene rings is 1. The number of halogens is 1. The average Bonchev–Trinajstić information content (AvgIpc) is 2.41. The number of thioether (sulfide) groups is 1. The molecule has 21 heavy (non-hydrogen) atoms. The van der Waals surface area contributed by atoms with Crippen molar-refractivity contribution >= 4 is 50.3 Å². The molecule has 1 heterocycles. The molecule has 1 aliphatic heterocycles. The van der Waals surface area contributed by atoms with Crippen LogP contribution in [0.2, 0.25) is 0 Å². The van der Waals surface area contributed by atoms with Crippen LogP contribution in [0.15, 0.2) is 23.1 Å². The Morgan fingerprint density at radius 3 is 2.71 bits per heavy atom. The molecular weight excluding hydrogens is 425 g/mol. The van der Waals surface area contributed by atoms with Crippen LogP contribution in [0.5, 0.6) is 0 Å². The highest BCUT2D eigenvalue weighted by Gasteiger charge is 2.35. The van der Waals surface area contributed by atoms with E-state index in [9.17, 15) is 13.2 Å². The summed E-state index contributed by atoms with van der Waals surface area (Å²) in [4.78, 5) is 11.2. The fraction of sp³-hybridized carbons (Fsp3) is 0.462. The van der Waals surface area contributed by atoms with Gasteiger partial charge in [-0.25, -0.2) is 13.2 Å². The van der Waals surface area contributed by atoms with E-state index in [-0.39, 0.29) is 21.8 Å². The van der Waals surface area contributed by atoms with Crippen molar-refractivity contribution in [1.82, 2.24) is 4.31 Å². The third-order valence-electron chi connectivity index (χ3n) is 3.60. The number of sulfonamides is 1. The van der Waals surface area contributed by atoms with E-state index < -0.39 is 16.0 Å². The number of carbonyl (C=O) groups is 1. The molecule has 1 aromatic carbocycles. The van der Waals surface area contributed by atoms with Gasteiger partial charge in [-0.1, -0.05) is 6.92 Å². The van der Waals surface area contributed by atoms with Crippen LogP contribution in [0.1, 0.15) is 24.2 Å². The maximum Gasteiger partial charge on any atom is 0.336 e. The molecule has 8 heteroatoms. The number of aromatic carboxylic acids is 1. The van der Waals surface area contributed by atoms with Crippen molar-refractivity contribution in [3.63, 3.8) is 0 Å². The Bertz CT molecular complexity index is 662. The summed E-state index contributed by atoms with van der Waals surface area (Å²) in [6, 6.07) is 4.15. The van der Waals surface area contributed by atoms with Crippen molar-refractivity contribution in [3.8, 4) is 0 Å². The van der Waals surface area contributed by atoms with Gasteiger partial charge in [-0.3, -0.25) is 0 Å². The maximum atomic E-state index is 12.8. The minimum Gasteiger partial charge on any atom is -0.478 e. The Balaban J connectivity index is 2.44.